The third-order valence-electron chi connectivity index (χ3n) is 5.28. The lowest BCUT2D eigenvalue weighted by Gasteiger charge is -2.36. The van der Waals surface area contributed by atoms with E-state index in [0.29, 0.717) is 23.6 Å². The molecule has 0 radical (unpaired) electrons. The molecular formula is C19H23N5O3S. The summed E-state index contributed by atoms with van der Waals surface area (Å²) in [6.45, 7) is 3.24. The number of amides is 1. The molecule has 0 aliphatic carbocycles. The summed E-state index contributed by atoms with van der Waals surface area (Å²) in [7, 11) is 1.63. The minimum Gasteiger partial charge on any atom is -0.497 e. The van der Waals surface area contributed by atoms with Gasteiger partial charge in [-0.3, -0.25) is 9.69 Å². The van der Waals surface area contributed by atoms with Crippen LogP contribution in [0.2, 0.25) is 0 Å². The number of nitrogens with two attached hydrogens (primary N) is 1. The average Bonchev–Trinajstić information content (AvgIpc) is 3.20. The smallest absolute Gasteiger partial charge is 0.230 e. The van der Waals surface area contributed by atoms with Crippen molar-refractivity contribution in [1.29, 1.82) is 0 Å². The molecule has 1 atom stereocenters. The number of hydrogen-bond acceptors (Lipinski definition) is 7. The molecule has 1 aliphatic rings. The number of piperidine rings is 1. The highest BCUT2D eigenvalue weighted by molar-refractivity contribution is 7.17. The SMILES string of the molecule is COc1ccc([C@H](c2sc3nc(C)nn3c2O)N2CCC(C(N)=O)CC2)cc1. The van der Waals surface area contributed by atoms with Crippen LogP contribution in [0, 0.1) is 12.8 Å². The van der Waals surface area contributed by atoms with Gasteiger partial charge in [-0.15, -0.1) is 5.10 Å². The van der Waals surface area contributed by atoms with Crippen LogP contribution in [0.4, 0.5) is 0 Å². The largest absolute Gasteiger partial charge is 0.497 e. The molecule has 1 saturated heterocycles. The lowest BCUT2D eigenvalue weighted by Crippen LogP contribution is -2.40. The van der Waals surface area contributed by atoms with Gasteiger partial charge in [-0.05, 0) is 50.6 Å². The van der Waals surface area contributed by atoms with E-state index in [1.807, 2.05) is 24.3 Å². The molecule has 4 rings (SSSR count). The number of ether oxygens (including phenoxy) is 1. The van der Waals surface area contributed by atoms with Crippen LogP contribution in [0.3, 0.4) is 0 Å². The Balaban J connectivity index is 1.73. The Morgan fingerprint density at radius 2 is 2.00 bits per heavy atom. The van der Waals surface area contributed by atoms with Gasteiger partial charge in [-0.2, -0.15) is 4.52 Å². The number of nitrogens with zero attached hydrogens (tertiary/aromatic N) is 4. The number of carbonyl (C=O) groups excluding carboxylic acids is 1. The molecule has 3 aromatic rings. The number of likely N-dealkylation sites (tertiary alicyclic amines) is 1. The van der Waals surface area contributed by atoms with Crippen LogP contribution in [0.25, 0.3) is 4.96 Å². The van der Waals surface area contributed by atoms with Gasteiger partial charge >= 0.3 is 0 Å². The fourth-order valence-electron chi connectivity index (χ4n) is 3.78. The van der Waals surface area contributed by atoms with Crippen molar-refractivity contribution >= 4 is 22.2 Å². The molecule has 1 fully saturated rings. The highest BCUT2D eigenvalue weighted by Crippen LogP contribution is 2.41. The molecule has 148 valence electrons. The van der Waals surface area contributed by atoms with Crippen molar-refractivity contribution in [2.24, 2.45) is 11.7 Å². The van der Waals surface area contributed by atoms with Crippen molar-refractivity contribution in [3.05, 3.63) is 40.5 Å². The third-order valence-corrected chi connectivity index (χ3v) is 6.36. The second kappa shape index (κ2) is 7.40. The summed E-state index contributed by atoms with van der Waals surface area (Å²) in [4.78, 5) is 19.7. The van der Waals surface area contributed by atoms with Crippen LogP contribution in [0.5, 0.6) is 11.6 Å². The van der Waals surface area contributed by atoms with Crippen LogP contribution in [-0.4, -0.2) is 50.7 Å². The zero-order valence-corrected chi connectivity index (χ0v) is 16.6. The maximum atomic E-state index is 11.5. The number of rotatable bonds is 5. The van der Waals surface area contributed by atoms with Gasteiger partial charge in [0, 0.05) is 5.92 Å². The van der Waals surface area contributed by atoms with Gasteiger partial charge < -0.3 is 15.6 Å². The first-order chi connectivity index (χ1) is 13.5. The first kappa shape index (κ1) is 18.7. The Kier molecular flexibility index (Phi) is 4.94. The third kappa shape index (κ3) is 3.31. The van der Waals surface area contributed by atoms with Crippen molar-refractivity contribution in [2.75, 3.05) is 20.2 Å². The first-order valence-electron chi connectivity index (χ1n) is 9.20. The molecule has 28 heavy (non-hydrogen) atoms. The minimum atomic E-state index is -0.238. The van der Waals surface area contributed by atoms with Crippen LogP contribution in [0.1, 0.15) is 35.1 Å². The molecule has 1 amide bonds. The summed E-state index contributed by atoms with van der Waals surface area (Å²) in [5.41, 5.74) is 6.53. The van der Waals surface area contributed by atoms with Gasteiger partial charge in [-0.1, -0.05) is 23.5 Å². The van der Waals surface area contributed by atoms with E-state index in [4.69, 9.17) is 10.5 Å². The average molecular weight is 401 g/mol. The van der Waals surface area contributed by atoms with Crippen molar-refractivity contribution in [3.63, 3.8) is 0 Å². The minimum absolute atomic E-state index is 0.0914. The number of aromatic nitrogens is 3. The number of fused-ring (bicyclic) bond motifs is 1. The van der Waals surface area contributed by atoms with Crippen molar-refractivity contribution in [1.82, 2.24) is 19.5 Å². The molecule has 0 spiro atoms. The van der Waals surface area contributed by atoms with E-state index in [9.17, 15) is 9.90 Å². The number of thiazole rings is 1. The molecular weight excluding hydrogens is 378 g/mol. The molecule has 9 heteroatoms. The summed E-state index contributed by atoms with van der Waals surface area (Å²) in [6, 6.07) is 7.68. The van der Waals surface area contributed by atoms with Gasteiger partial charge in [-0.25, -0.2) is 4.98 Å². The van der Waals surface area contributed by atoms with Gasteiger partial charge in [0.1, 0.15) is 11.6 Å². The van der Waals surface area contributed by atoms with Crippen LogP contribution < -0.4 is 10.5 Å². The Morgan fingerprint density at radius 3 is 2.57 bits per heavy atom. The number of carbonyl (C=O) groups is 1. The molecule has 3 N–H and O–H groups in total. The van der Waals surface area contributed by atoms with E-state index in [1.54, 1.807) is 14.0 Å². The number of aromatic hydroxyl groups is 1. The van der Waals surface area contributed by atoms with Crippen LogP contribution in [-0.2, 0) is 4.79 Å². The van der Waals surface area contributed by atoms with Gasteiger partial charge in [0.2, 0.25) is 16.7 Å². The van der Waals surface area contributed by atoms with E-state index in [0.717, 1.165) is 29.3 Å². The van der Waals surface area contributed by atoms with Crippen molar-refractivity contribution in [3.8, 4) is 11.6 Å². The molecule has 0 unspecified atom stereocenters. The second-order valence-electron chi connectivity index (χ2n) is 7.03. The highest BCUT2D eigenvalue weighted by atomic mass is 32.1. The lowest BCUT2D eigenvalue weighted by molar-refractivity contribution is -0.123. The molecule has 1 aromatic carbocycles. The van der Waals surface area contributed by atoms with E-state index >= 15 is 0 Å². The van der Waals surface area contributed by atoms with Gasteiger partial charge in [0.15, 0.2) is 0 Å². The second-order valence-corrected chi connectivity index (χ2v) is 8.04. The fourth-order valence-corrected chi connectivity index (χ4v) is 4.95. The summed E-state index contributed by atoms with van der Waals surface area (Å²) >= 11 is 1.43. The summed E-state index contributed by atoms with van der Waals surface area (Å²) < 4.78 is 6.77. The van der Waals surface area contributed by atoms with E-state index in [2.05, 4.69) is 15.0 Å². The van der Waals surface area contributed by atoms with E-state index in [-0.39, 0.29) is 23.7 Å². The normalized spacial score (nSPS) is 17.1. The molecule has 2 aromatic heterocycles. The Morgan fingerprint density at radius 1 is 1.32 bits per heavy atom. The Hall–Kier alpha value is -2.65. The number of methoxy groups -OCH3 is 1. The fraction of sp³-hybridized carbons (Fsp3) is 0.421. The van der Waals surface area contributed by atoms with Crippen molar-refractivity contribution < 1.29 is 14.6 Å². The summed E-state index contributed by atoms with van der Waals surface area (Å²) in [5, 5.41) is 15.1. The topological polar surface area (TPSA) is 106 Å². The number of hydrogen-bond donors (Lipinski definition) is 2. The highest BCUT2D eigenvalue weighted by Gasteiger charge is 2.33. The monoisotopic (exact) mass is 401 g/mol. The maximum absolute atomic E-state index is 11.5. The van der Waals surface area contributed by atoms with Crippen LogP contribution in [0.15, 0.2) is 24.3 Å². The molecule has 0 bridgehead atoms. The number of primary amides is 1. The lowest BCUT2D eigenvalue weighted by atomic mass is 9.93. The van der Waals surface area contributed by atoms with Crippen molar-refractivity contribution in [2.45, 2.75) is 25.8 Å². The summed E-state index contributed by atoms with van der Waals surface area (Å²) in [6.07, 6.45) is 1.42. The van der Waals surface area contributed by atoms with Crippen LogP contribution >= 0.6 is 11.3 Å². The first-order valence-corrected chi connectivity index (χ1v) is 10.0. The predicted molar refractivity (Wildman–Crippen MR) is 106 cm³/mol. The molecule has 1 aliphatic heterocycles. The predicted octanol–water partition coefficient (Wildman–Crippen LogP) is 2.10. The number of aryl methyl sites for hydroxylation is 1. The van der Waals surface area contributed by atoms with Gasteiger partial charge in [0.25, 0.3) is 0 Å². The van der Waals surface area contributed by atoms with E-state index in [1.165, 1.54) is 15.9 Å². The Labute approximate surface area is 166 Å². The zero-order valence-electron chi connectivity index (χ0n) is 15.8. The standard InChI is InChI=1S/C19H23N5O3S/c1-11-21-19-24(22-11)18(26)16(28-19)15(12-3-5-14(27-2)6-4-12)23-9-7-13(8-10-23)17(20)25/h3-6,13,15,26H,7-10H2,1-2H3,(H2,20,25)/t15-/m1/s1. The maximum Gasteiger partial charge on any atom is 0.230 e. The van der Waals surface area contributed by atoms with E-state index < -0.39 is 0 Å². The van der Waals surface area contributed by atoms with Gasteiger partial charge in [0.05, 0.1) is 18.0 Å². The number of benzene rings is 1. The summed E-state index contributed by atoms with van der Waals surface area (Å²) in [5.74, 6) is 1.18. The Bertz CT molecular complexity index is 989. The molecule has 0 saturated carbocycles. The quantitative estimate of drug-likeness (QED) is 0.678. The molecule has 3 heterocycles. The molecule has 8 nitrogen and oxygen atoms in total. The zero-order chi connectivity index (χ0) is 19.8.